The zero-order chi connectivity index (χ0) is 14.3. The van der Waals surface area contributed by atoms with Gasteiger partial charge < -0.3 is 10.2 Å². The molecule has 0 spiro atoms. The normalized spacial score (nSPS) is 14.4. The van der Waals surface area contributed by atoms with Crippen molar-refractivity contribution in [1.82, 2.24) is 5.01 Å². The van der Waals surface area contributed by atoms with Gasteiger partial charge in [0.1, 0.15) is 0 Å². The summed E-state index contributed by atoms with van der Waals surface area (Å²) >= 11 is 0. The summed E-state index contributed by atoms with van der Waals surface area (Å²) < 4.78 is 0. The number of rotatable bonds is 2. The van der Waals surface area contributed by atoms with E-state index < -0.39 is 11.9 Å². The maximum Gasteiger partial charge on any atom is 0.328 e. The molecular formula is C13H16N2O4. The van der Waals surface area contributed by atoms with Gasteiger partial charge in [-0.3, -0.25) is 5.84 Å². The van der Waals surface area contributed by atoms with Crippen LogP contribution in [0.5, 0.6) is 0 Å². The number of hydrogen-bond acceptors (Lipinski definition) is 4. The zero-order valence-corrected chi connectivity index (χ0v) is 10.3. The molecule has 6 nitrogen and oxygen atoms in total. The van der Waals surface area contributed by atoms with Crippen LogP contribution in [0.25, 0.3) is 0 Å². The molecule has 102 valence electrons. The molecule has 1 aliphatic rings. The van der Waals surface area contributed by atoms with Crippen LogP contribution in [0.2, 0.25) is 0 Å². The molecule has 0 bridgehead atoms. The predicted octanol–water partition coefficient (Wildman–Crippen LogP) is 0.630. The molecule has 1 aromatic rings. The third-order valence-corrected chi connectivity index (χ3v) is 2.53. The Morgan fingerprint density at radius 2 is 1.63 bits per heavy atom. The highest BCUT2D eigenvalue weighted by molar-refractivity contribution is 5.89. The number of hydrazine groups is 1. The summed E-state index contributed by atoms with van der Waals surface area (Å²) in [7, 11) is 0. The highest BCUT2D eigenvalue weighted by Crippen LogP contribution is 2.15. The molecule has 1 aromatic carbocycles. The second-order valence-electron chi connectivity index (χ2n) is 4.00. The summed E-state index contributed by atoms with van der Waals surface area (Å²) in [5.41, 5.74) is 2.83. The Kier molecular flexibility index (Phi) is 5.72. The molecule has 4 N–H and O–H groups in total. The van der Waals surface area contributed by atoms with Gasteiger partial charge in [0.2, 0.25) is 0 Å². The van der Waals surface area contributed by atoms with Crippen molar-refractivity contribution in [2.45, 2.75) is 13.0 Å². The molecule has 0 radical (unpaired) electrons. The maximum atomic E-state index is 9.55. The van der Waals surface area contributed by atoms with Crippen LogP contribution >= 0.6 is 0 Å². The van der Waals surface area contributed by atoms with Gasteiger partial charge in [0.05, 0.1) is 0 Å². The van der Waals surface area contributed by atoms with Crippen LogP contribution in [-0.2, 0) is 22.6 Å². The van der Waals surface area contributed by atoms with E-state index in [1.54, 1.807) is 0 Å². The molecule has 1 heterocycles. The fourth-order valence-electron chi connectivity index (χ4n) is 1.66. The van der Waals surface area contributed by atoms with Gasteiger partial charge in [-0.15, -0.1) is 0 Å². The lowest BCUT2D eigenvalue weighted by molar-refractivity contribution is -0.134. The lowest BCUT2D eigenvalue weighted by Gasteiger charge is -2.23. The minimum atomic E-state index is -1.26. The van der Waals surface area contributed by atoms with E-state index in [1.165, 1.54) is 11.1 Å². The molecule has 0 aliphatic carbocycles. The molecular weight excluding hydrogens is 248 g/mol. The van der Waals surface area contributed by atoms with E-state index in [0.717, 1.165) is 19.5 Å². The van der Waals surface area contributed by atoms with Crippen LogP contribution in [0.3, 0.4) is 0 Å². The molecule has 0 fully saturated rings. The van der Waals surface area contributed by atoms with E-state index in [2.05, 4.69) is 24.3 Å². The highest BCUT2D eigenvalue weighted by atomic mass is 16.4. The smallest absolute Gasteiger partial charge is 0.328 e. The number of nitrogens with zero attached hydrogens (tertiary/aromatic N) is 1. The van der Waals surface area contributed by atoms with Crippen molar-refractivity contribution in [2.24, 2.45) is 5.84 Å². The number of carboxylic acids is 2. The Morgan fingerprint density at radius 1 is 1.11 bits per heavy atom. The second-order valence-corrected chi connectivity index (χ2v) is 4.00. The van der Waals surface area contributed by atoms with E-state index in [9.17, 15) is 9.59 Å². The van der Waals surface area contributed by atoms with Gasteiger partial charge >= 0.3 is 11.9 Å². The molecule has 2 rings (SSSR count). The molecule has 19 heavy (non-hydrogen) atoms. The summed E-state index contributed by atoms with van der Waals surface area (Å²) in [6.07, 6.45) is 2.21. The van der Waals surface area contributed by atoms with Gasteiger partial charge in [-0.2, -0.15) is 0 Å². The van der Waals surface area contributed by atoms with Crippen molar-refractivity contribution in [3.8, 4) is 0 Å². The van der Waals surface area contributed by atoms with Gasteiger partial charge in [0, 0.05) is 25.2 Å². The minimum Gasteiger partial charge on any atom is -0.478 e. The summed E-state index contributed by atoms with van der Waals surface area (Å²) in [6.45, 7) is 1.88. The van der Waals surface area contributed by atoms with Crippen LogP contribution < -0.4 is 5.84 Å². The lowest BCUT2D eigenvalue weighted by Crippen LogP contribution is -2.35. The molecule has 6 heteroatoms. The topological polar surface area (TPSA) is 104 Å². The molecule has 0 amide bonds. The van der Waals surface area contributed by atoms with E-state index >= 15 is 0 Å². The monoisotopic (exact) mass is 264 g/mol. The molecule has 0 atom stereocenters. The van der Waals surface area contributed by atoms with Crippen LogP contribution in [0, 0.1) is 0 Å². The molecule has 1 aliphatic heterocycles. The third kappa shape index (κ3) is 5.80. The Balaban J connectivity index is 0.000000203. The quantitative estimate of drug-likeness (QED) is 0.534. The first-order valence-corrected chi connectivity index (χ1v) is 5.69. The lowest BCUT2D eigenvalue weighted by atomic mass is 10.0. The SMILES string of the molecule is NN1CCc2ccccc2C1.O=C(O)/C=C\C(=O)O. The molecule has 0 unspecified atom stereocenters. The van der Waals surface area contributed by atoms with Gasteiger partial charge in [0.25, 0.3) is 0 Å². The van der Waals surface area contributed by atoms with Crippen LogP contribution in [0.15, 0.2) is 36.4 Å². The Labute approximate surface area is 110 Å². The Morgan fingerprint density at radius 3 is 2.16 bits per heavy atom. The van der Waals surface area contributed by atoms with Crippen LogP contribution in [-0.4, -0.2) is 33.7 Å². The average molecular weight is 264 g/mol. The summed E-state index contributed by atoms with van der Waals surface area (Å²) in [4.78, 5) is 19.1. The largest absolute Gasteiger partial charge is 0.478 e. The van der Waals surface area contributed by atoms with Crippen LogP contribution in [0.4, 0.5) is 0 Å². The van der Waals surface area contributed by atoms with E-state index in [0.29, 0.717) is 12.2 Å². The number of carboxylic acid groups (broad SMARTS) is 2. The second kappa shape index (κ2) is 7.30. The number of carbonyl (C=O) groups is 2. The number of nitrogens with two attached hydrogens (primary N) is 1. The van der Waals surface area contributed by atoms with E-state index in [4.69, 9.17) is 16.1 Å². The van der Waals surface area contributed by atoms with Crippen molar-refractivity contribution >= 4 is 11.9 Å². The maximum absolute atomic E-state index is 9.55. The number of fused-ring (bicyclic) bond motifs is 1. The standard InChI is InChI=1S/C9H12N2.C4H4O4/c10-11-6-5-8-3-1-2-4-9(8)7-11;5-3(6)1-2-4(7)8/h1-4H,5-7,10H2;1-2H,(H,5,6)(H,7,8)/b;2-1-. The van der Waals surface area contributed by atoms with E-state index in [-0.39, 0.29) is 0 Å². The van der Waals surface area contributed by atoms with Gasteiger partial charge in [-0.1, -0.05) is 24.3 Å². The van der Waals surface area contributed by atoms with Crippen molar-refractivity contribution in [3.63, 3.8) is 0 Å². The first kappa shape index (κ1) is 14.9. The summed E-state index contributed by atoms with van der Waals surface area (Å²) in [6, 6.07) is 8.49. The molecule has 0 saturated carbocycles. The van der Waals surface area contributed by atoms with Gasteiger partial charge in [-0.25, -0.2) is 14.6 Å². The Hall–Kier alpha value is -2.18. The van der Waals surface area contributed by atoms with Crippen molar-refractivity contribution in [2.75, 3.05) is 6.54 Å². The third-order valence-electron chi connectivity index (χ3n) is 2.53. The number of aliphatic carboxylic acids is 2. The molecule has 0 saturated heterocycles. The Bertz CT molecular complexity index is 469. The first-order valence-electron chi connectivity index (χ1n) is 5.69. The van der Waals surface area contributed by atoms with Crippen molar-refractivity contribution in [3.05, 3.63) is 47.5 Å². The van der Waals surface area contributed by atoms with E-state index in [1.807, 2.05) is 5.01 Å². The van der Waals surface area contributed by atoms with Gasteiger partial charge in [0.15, 0.2) is 0 Å². The number of benzene rings is 1. The fourth-order valence-corrected chi connectivity index (χ4v) is 1.66. The zero-order valence-electron chi connectivity index (χ0n) is 10.3. The predicted molar refractivity (Wildman–Crippen MR) is 69.2 cm³/mol. The fraction of sp³-hybridized carbons (Fsp3) is 0.231. The first-order chi connectivity index (χ1) is 8.99. The highest BCUT2D eigenvalue weighted by Gasteiger charge is 2.11. The molecule has 0 aromatic heterocycles. The van der Waals surface area contributed by atoms with Crippen molar-refractivity contribution in [1.29, 1.82) is 0 Å². The van der Waals surface area contributed by atoms with Gasteiger partial charge in [-0.05, 0) is 17.5 Å². The van der Waals surface area contributed by atoms with Crippen LogP contribution in [0.1, 0.15) is 11.1 Å². The minimum absolute atomic E-state index is 0.558. The summed E-state index contributed by atoms with van der Waals surface area (Å²) in [5.74, 6) is 3.17. The number of hydrogen-bond donors (Lipinski definition) is 3. The average Bonchev–Trinajstić information content (AvgIpc) is 2.37. The summed E-state index contributed by atoms with van der Waals surface area (Å²) in [5, 5.41) is 17.5. The van der Waals surface area contributed by atoms with Crippen molar-refractivity contribution < 1.29 is 19.8 Å².